The average molecular weight is 269 g/mol. The van der Waals surface area contributed by atoms with E-state index in [1.165, 1.54) is 12.1 Å². The van der Waals surface area contributed by atoms with Gasteiger partial charge in [0.25, 0.3) is 5.69 Å². The van der Waals surface area contributed by atoms with Gasteiger partial charge in [0.2, 0.25) is 0 Å². The van der Waals surface area contributed by atoms with Crippen LogP contribution in [0.1, 0.15) is 13.3 Å². The summed E-state index contributed by atoms with van der Waals surface area (Å²) in [5.74, 6) is 0.0360. The highest BCUT2D eigenvalue weighted by atomic mass is 16.6. The predicted molar refractivity (Wildman–Crippen MR) is 68.4 cm³/mol. The Bertz CT molecular complexity index is 464. The molecule has 0 aromatic heterocycles. The van der Waals surface area contributed by atoms with E-state index in [9.17, 15) is 20.2 Å². The third kappa shape index (κ3) is 4.51. The van der Waals surface area contributed by atoms with Gasteiger partial charge in [0.05, 0.1) is 15.9 Å². The maximum atomic E-state index is 10.8. The van der Waals surface area contributed by atoms with E-state index in [-0.39, 0.29) is 18.0 Å². The van der Waals surface area contributed by atoms with Crippen LogP contribution in [0.25, 0.3) is 0 Å². The number of rotatable bonds is 8. The van der Waals surface area contributed by atoms with Gasteiger partial charge in [-0.1, -0.05) is 6.92 Å². The number of non-ortho nitro benzene ring substituents is 1. The Morgan fingerprint density at radius 2 is 1.95 bits per heavy atom. The summed E-state index contributed by atoms with van der Waals surface area (Å²) >= 11 is 0. The number of hydrogen-bond acceptors (Lipinski definition) is 6. The normalized spacial score (nSPS) is 10.2. The molecule has 8 nitrogen and oxygen atoms in total. The van der Waals surface area contributed by atoms with Crippen LogP contribution >= 0.6 is 0 Å². The molecule has 104 valence electrons. The molecule has 1 aromatic carbocycles. The number of benzene rings is 1. The molecule has 0 aliphatic heterocycles. The van der Waals surface area contributed by atoms with E-state index in [4.69, 9.17) is 4.74 Å². The maximum absolute atomic E-state index is 10.8. The number of nitrogens with zero attached hydrogens (tertiary/aromatic N) is 2. The van der Waals surface area contributed by atoms with Gasteiger partial charge in [-0.2, -0.15) is 0 Å². The lowest BCUT2D eigenvalue weighted by Gasteiger charge is -2.07. The number of nitro groups is 2. The first-order valence-corrected chi connectivity index (χ1v) is 5.82. The number of ether oxygens (including phenoxy) is 1. The first-order valence-electron chi connectivity index (χ1n) is 5.82. The predicted octanol–water partition coefficient (Wildman–Crippen LogP) is 1.88. The van der Waals surface area contributed by atoms with Crippen molar-refractivity contribution < 1.29 is 14.6 Å². The van der Waals surface area contributed by atoms with E-state index < -0.39 is 15.5 Å². The summed E-state index contributed by atoms with van der Waals surface area (Å²) < 4.78 is 5.25. The van der Waals surface area contributed by atoms with Crippen molar-refractivity contribution in [3.8, 4) is 5.75 Å². The first-order chi connectivity index (χ1) is 9.06. The number of nitro benzene ring substituents is 2. The van der Waals surface area contributed by atoms with E-state index in [0.29, 0.717) is 6.54 Å². The minimum absolute atomic E-state index is 0.0360. The minimum atomic E-state index is -0.693. The van der Waals surface area contributed by atoms with Crippen molar-refractivity contribution in [2.24, 2.45) is 0 Å². The second-order valence-corrected chi connectivity index (χ2v) is 3.76. The highest BCUT2D eigenvalue weighted by molar-refractivity contribution is 5.53. The lowest BCUT2D eigenvalue weighted by molar-refractivity contribution is -0.394. The molecule has 19 heavy (non-hydrogen) atoms. The third-order valence-electron chi connectivity index (χ3n) is 2.31. The largest absolute Gasteiger partial charge is 0.485 e. The molecule has 1 rings (SSSR count). The van der Waals surface area contributed by atoms with Gasteiger partial charge in [-0.05, 0) is 19.0 Å². The molecule has 0 unspecified atom stereocenters. The van der Waals surface area contributed by atoms with Crippen molar-refractivity contribution in [2.45, 2.75) is 13.3 Å². The van der Waals surface area contributed by atoms with E-state index in [0.717, 1.165) is 19.0 Å². The molecule has 0 saturated carbocycles. The Balaban J connectivity index is 2.71. The molecule has 0 aliphatic carbocycles. The zero-order chi connectivity index (χ0) is 14.3. The quantitative estimate of drug-likeness (QED) is 0.438. The zero-order valence-electron chi connectivity index (χ0n) is 10.5. The molecule has 0 saturated heterocycles. The van der Waals surface area contributed by atoms with Crippen molar-refractivity contribution in [3.63, 3.8) is 0 Å². The Labute approximate surface area is 109 Å². The smallest absolute Gasteiger partial charge is 0.317 e. The molecular weight excluding hydrogens is 254 g/mol. The second-order valence-electron chi connectivity index (χ2n) is 3.76. The van der Waals surface area contributed by atoms with Gasteiger partial charge in [-0.15, -0.1) is 0 Å². The van der Waals surface area contributed by atoms with Crippen molar-refractivity contribution in [2.75, 3.05) is 19.7 Å². The van der Waals surface area contributed by atoms with Crippen LogP contribution in [0, 0.1) is 20.2 Å². The van der Waals surface area contributed by atoms with Gasteiger partial charge >= 0.3 is 5.69 Å². The van der Waals surface area contributed by atoms with E-state index in [1.54, 1.807) is 0 Å². The average Bonchev–Trinajstić information content (AvgIpc) is 2.38. The first kappa shape index (κ1) is 14.8. The Morgan fingerprint density at radius 3 is 2.53 bits per heavy atom. The summed E-state index contributed by atoms with van der Waals surface area (Å²) in [5, 5.41) is 24.5. The van der Waals surface area contributed by atoms with Gasteiger partial charge in [0, 0.05) is 12.6 Å². The van der Waals surface area contributed by atoms with Crippen molar-refractivity contribution in [3.05, 3.63) is 38.4 Å². The summed E-state index contributed by atoms with van der Waals surface area (Å²) in [4.78, 5) is 20.0. The molecule has 0 aliphatic rings. The van der Waals surface area contributed by atoms with Gasteiger partial charge in [0.15, 0.2) is 5.75 Å². The SMILES string of the molecule is CCCNCCOc1ccc([N+](=O)[O-])cc1[N+](=O)[O-]. The highest BCUT2D eigenvalue weighted by Crippen LogP contribution is 2.30. The molecule has 8 heteroatoms. The highest BCUT2D eigenvalue weighted by Gasteiger charge is 2.20. The zero-order valence-corrected chi connectivity index (χ0v) is 10.5. The fraction of sp³-hybridized carbons (Fsp3) is 0.455. The molecule has 0 fully saturated rings. The van der Waals surface area contributed by atoms with Crippen molar-refractivity contribution in [1.82, 2.24) is 5.32 Å². The molecule has 0 bridgehead atoms. The molecule has 1 N–H and O–H groups in total. The molecule has 0 atom stereocenters. The number of nitrogens with one attached hydrogen (secondary N) is 1. The molecule has 0 radical (unpaired) electrons. The lowest BCUT2D eigenvalue weighted by Crippen LogP contribution is -2.21. The summed E-state index contributed by atoms with van der Waals surface area (Å²) in [6.07, 6.45) is 0.984. The van der Waals surface area contributed by atoms with Crippen LogP contribution in [0.2, 0.25) is 0 Å². The monoisotopic (exact) mass is 269 g/mol. The van der Waals surface area contributed by atoms with Crippen LogP contribution in [-0.4, -0.2) is 29.5 Å². The minimum Gasteiger partial charge on any atom is -0.485 e. The van der Waals surface area contributed by atoms with Gasteiger partial charge < -0.3 is 10.1 Å². The molecule has 1 aromatic rings. The summed E-state index contributed by atoms with van der Waals surface area (Å²) in [6, 6.07) is 3.33. The summed E-state index contributed by atoms with van der Waals surface area (Å²) in [5.41, 5.74) is -0.729. The Hall–Kier alpha value is -2.22. The molecule has 0 spiro atoms. The number of hydrogen-bond donors (Lipinski definition) is 1. The standard InChI is InChI=1S/C11H15N3O5/c1-2-5-12-6-7-19-11-4-3-9(13(15)16)8-10(11)14(17)18/h3-4,8,12H,2,5-7H2,1H3. The fourth-order valence-electron chi connectivity index (χ4n) is 1.42. The topological polar surface area (TPSA) is 108 Å². The van der Waals surface area contributed by atoms with Gasteiger partial charge in [-0.3, -0.25) is 20.2 Å². The van der Waals surface area contributed by atoms with E-state index in [2.05, 4.69) is 5.32 Å². The molecular formula is C11H15N3O5. The van der Waals surface area contributed by atoms with Crippen LogP contribution < -0.4 is 10.1 Å². The van der Waals surface area contributed by atoms with Crippen LogP contribution in [0.5, 0.6) is 5.75 Å². The maximum Gasteiger partial charge on any atom is 0.317 e. The Morgan fingerprint density at radius 1 is 1.21 bits per heavy atom. The summed E-state index contributed by atoms with van der Waals surface area (Å²) in [6.45, 7) is 3.68. The van der Waals surface area contributed by atoms with E-state index >= 15 is 0 Å². The Kier molecular flexibility index (Phi) is 5.68. The van der Waals surface area contributed by atoms with Gasteiger partial charge in [-0.25, -0.2) is 0 Å². The molecule has 0 amide bonds. The second kappa shape index (κ2) is 7.27. The van der Waals surface area contributed by atoms with E-state index in [1.807, 2.05) is 6.92 Å². The van der Waals surface area contributed by atoms with Gasteiger partial charge in [0.1, 0.15) is 6.61 Å². The fourth-order valence-corrected chi connectivity index (χ4v) is 1.42. The van der Waals surface area contributed by atoms with Crippen molar-refractivity contribution >= 4 is 11.4 Å². The molecule has 0 heterocycles. The van der Waals surface area contributed by atoms with Crippen LogP contribution in [0.3, 0.4) is 0 Å². The van der Waals surface area contributed by atoms with Crippen LogP contribution in [0.4, 0.5) is 11.4 Å². The third-order valence-corrected chi connectivity index (χ3v) is 2.31. The van der Waals surface area contributed by atoms with Crippen LogP contribution in [-0.2, 0) is 0 Å². The lowest BCUT2D eigenvalue weighted by atomic mass is 10.2. The van der Waals surface area contributed by atoms with Crippen LogP contribution in [0.15, 0.2) is 18.2 Å². The van der Waals surface area contributed by atoms with Crippen molar-refractivity contribution in [1.29, 1.82) is 0 Å². The summed E-state index contributed by atoms with van der Waals surface area (Å²) in [7, 11) is 0.